The van der Waals surface area contributed by atoms with Crippen LogP contribution in [0.2, 0.25) is 5.02 Å². The molecule has 1 aromatic heterocycles. The van der Waals surface area contributed by atoms with Gasteiger partial charge in [0.15, 0.2) is 16.8 Å². The first-order valence-electron chi connectivity index (χ1n) is 9.76. The number of allylic oxidation sites excluding steroid dienone is 1. The van der Waals surface area contributed by atoms with Crippen molar-refractivity contribution in [1.82, 2.24) is 19.5 Å². The first-order valence-corrected chi connectivity index (χ1v) is 13.0. The summed E-state index contributed by atoms with van der Waals surface area (Å²) in [4.78, 5) is 12.7. The van der Waals surface area contributed by atoms with Crippen molar-refractivity contribution in [2.75, 3.05) is 18.6 Å². The number of halogens is 1. The second-order valence-electron chi connectivity index (χ2n) is 7.04. The van der Waals surface area contributed by atoms with Gasteiger partial charge >= 0.3 is 0 Å². The Morgan fingerprint density at radius 3 is 2.47 bits per heavy atom. The molecule has 0 aliphatic heterocycles. The van der Waals surface area contributed by atoms with Crippen LogP contribution in [-0.4, -0.2) is 47.5 Å². The number of hydrogen-bond acceptors (Lipinski definition) is 6. The molecule has 1 N–H and O–H groups in total. The number of sulfonamides is 1. The van der Waals surface area contributed by atoms with Gasteiger partial charge in [-0.15, -0.1) is 16.8 Å². The second kappa shape index (κ2) is 10.9. The van der Waals surface area contributed by atoms with Crippen LogP contribution in [0.4, 0.5) is 0 Å². The summed E-state index contributed by atoms with van der Waals surface area (Å²) in [6, 6.07) is 14.5. The van der Waals surface area contributed by atoms with E-state index in [0.29, 0.717) is 41.1 Å². The molecule has 0 radical (unpaired) electrons. The number of nitrogens with zero attached hydrogens (tertiary/aromatic N) is 3. The number of aromatic nitrogens is 3. The lowest BCUT2D eigenvalue weighted by Crippen LogP contribution is -2.24. The minimum absolute atomic E-state index is 0.0305. The molecular formula is C22H23ClN4O3S2. The van der Waals surface area contributed by atoms with Crippen molar-refractivity contribution in [3.63, 3.8) is 0 Å². The van der Waals surface area contributed by atoms with Gasteiger partial charge in [-0.1, -0.05) is 53.7 Å². The molecule has 2 aromatic carbocycles. The third kappa shape index (κ3) is 6.77. The Balaban J connectivity index is 1.64. The first kappa shape index (κ1) is 24.2. The predicted molar refractivity (Wildman–Crippen MR) is 129 cm³/mol. The summed E-state index contributed by atoms with van der Waals surface area (Å²) in [5, 5.41) is 9.81. The molecule has 1 heterocycles. The molecule has 0 spiro atoms. The molecule has 7 nitrogen and oxygen atoms in total. The normalized spacial score (nSPS) is 11.4. The van der Waals surface area contributed by atoms with Gasteiger partial charge in [0.1, 0.15) is 0 Å². The Labute approximate surface area is 197 Å². The lowest BCUT2D eigenvalue weighted by atomic mass is 10.1. The van der Waals surface area contributed by atoms with Gasteiger partial charge in [0.05, 0.1) is 12.0 Å². The van der Waals surface area contributed by atoms with E-state index in [1.165, 1.54) is 11.8 Å². The van der Waals surface area contributed by atoms with E-state index in [1.807, 2.05) is 28.8 Å². The SMILES string of the molecule is C=CCn1c(SCC(=O)c2ccc(CCNS(C)(=O)=O)cc2)nnc1-c1ccc(Cl)cc1. The molecule has 3 aromatic rings. The van der Waals surface area contributed by atoms with Crippen molar-refractivity contribution in [3.8, 4) is 11.4 Å². The van der Waals surface area contributed by atoms with Crippen LogP contribution in [0.5, 0.6) is 0 Å². The topological polar surface area (TPSA) is 94.0 Å². The van der Waals surface area contributed by atoms with Crippen LogP contribution in [-0.2, 0) is 23.0 Å². The number of benzene rings is 2. The van der Waals surface area contributed by atoms with Crippen LogP contribution >= 0.6 is 23.4 Å². The number of carbonyl (C=O) groups is 1. The number of nitrogens with one attached hydrogen (secondary N) is 1. The third-order valence-corrected chi connectivity index (χ3v) is 6.46. The van der Waals surface area contributed by atoms with Crippen LogP contribution in [0, 0.1) is 0 Å². The standard InChI is InChI=1S/C22H23ClN4O3S2/c1-3-14-27-21(18-8-10-19(23)11-9-18)25-26-22(27)31-15-20(28)17-6-4-16(5-7-17)12-13-24-32(2,29)30/h3-11,24H,1,12-15H2,2H3. The van der Waals surface area contributed by atoms with E-state index in [0.717, 1.165) is 17.4 Å². The molecule has 32 heavy (non-hydrogen) atoms. The average Bonchev–Trinajstić information content (AvgIpc) is 3.15. The van der Waals surface area contributed by atoms with E-state index in [2.05, 4.69) is 21.5 Å². The molecule has 0 aliphatic carbocycles. The van der Waals surface area contributed by atoms with E-state index in [1.54, 1.807) is 30.3 Å². The highest BCUT2D eigenvalue weighted by Gasteiger charge is 2.16. The fourth-order valence-electron chi connectivity index (χ4n) is 2.95. The fourth-order valence-corrected chi connectivity index (χ4v) is 4.39. The van der Waals surface area contributed by atoms with Crippen molar-refractivity contribution in [2.45, 2.75) is 18.1 Å². The van der Waals surface area contributed by atoms with Crippen molar-refractivity contribution in [2.24, 2.45) is 0 Å². The molecular weight excluding hydrogens is 468 g/mol. The second-order valence-corrected chi connectivity index (χ2v) is 10.2. The van der Waals surface area contributed by atoms with Crippen LogP contribution < -0.4 is 4.72 Å². The van der Waals surface area contributed by atoms with Crippen molar-refractivity contribution >= 4 is 39.2 Å². The summed E-state index contributed by atoms with van der Waals surface area (Å²) in [6.45, 7) is 4.63. The van der Waals surface area contributed by atoms with Crippen LogP contribution in [0.3, 0.4) is 0 Å². The number of ketones is 1. The third-order valence-electron chi connectivity index (χ3n) is 4.52. The summed E-state index contributed by atoms with van der Waals surface area (Å²) < 4.78 is 26.6. The van der Waals surface area contributed by atoms with Gasteiger partial charge in [-0.3, -0.25) is 9.36 Å². The predicted octanol–water partition coefficient (Wildman–Crippen LogP) is 3.85. The fraction of sp³-hybridized carbons (Fsp3) is 0.227. The van der Waals surface area contributed by atoms with Gasteiger partial charge in [-0.2, -0.15) is 0 Å². The molecule has 0 saturated heterocycles. The summed E-state index contributed by atoms with van der Waals surface area (Å²) in [5.74, 6) is 0.866. The molecule has 3 rings (SSSR count). The number of Topliss-reactive ketones (excluding diaryl/α,β-unsaturated/α-hetero) is 1. The highest BCUT2D eigenvalue weighted by molar-refractivity contribution is 7.99. The van der Waals surface area contributed by atoms with E-state index < -0.39 is 10.0 Å². The quantitative estimate of drug-likeness (QED) is 0.249. The zero-order chi connectivity index (χ0) is 23.1. The smallest absolute Gasteiger partial charge is 0.208 e. The number of hydrogen-bond donors (Lipinski definition) is 1. The summed E-state index contributed by atoms with van der Waals surface area (Å²) in [5.41, 5.74) is 2.41. The Kier molecular flexibility index (Phi) is 8.25. The van der Waals surface area contributed by atoms with Crippen LogP contribution in [0.1, 0.15) is 15.9 Å². The molecule has 0 amide bonds. The summed E-state index contributed by atoms with van der Waals surface area (Å²) in [7, 11) is -3.21. The molecule has 168 valence electrons. The van der Waals surface area contributed by atoms with E-state index in [-0.39, 0.29) is 11.5 Å². The molecule has 0 saturated carbocycles. The molecule has 0 atom stereocenters. The maximum atomic E-state index is 12.7. The number of thioether (sulfide) groups is 1. The Morgan fingerprint density at radius 2 is 1.84 bits per heavy atom. The Morgan fingerprint density at radius 1 is 1.16 bits per heavy atom. The van der Waals surface area contributed by atoms with E-state index in [4.69, 9.17) is 11.6 Å². The molecule has 0 fully saturated rings. The lowest BCUT2D eigenvalue weighted by Gasteiger charge is -2.08. The maximum absolute atomic E-state index is 12.7. The Hall–Kier alpha value is -2.46. The van der Waals surface area contributed by atoms with Crippen LogP contribution in [0.25, 0.3) is 11.4 Å². The molecule has 0 bridgehead atoms. The van der Waals surface area contributed by atoms with Crippen molar-refractivity contribution in [3.05, 3.63) is 77.3 Å². The summed E-state index contributed by atoms with van der Waals surface area (Å²) in [6.07, 6.45) is 3.43. The highest BCUT2D eigenvalue weighted by Crippen LogP contribution is 2.26. The van der Waals surface area contributed by atoms with E-state index in [9.17, 15) is 13.2 Å². The monoisotopic (exact) mass is 490 g/mol. The van der Waals surface area contributed by atoms with Crippen molar-refractivity contribution in [1.29, 1.82) is 0 Å². The first-order chi connectivity index (χ1) is 15.3. The van der Waals surface area contributed by atoms with Gasteiger partial charge in [-0.25, -0.2) is 13.1 Å². The van der Waals surface area contributed by atoms with Crippen molar-refractivity contribution < 1.29 is 13.2 Å². The minimum Gasteiger partial charge on any atom is -0.298 e. The molecule has 10 heteroatoms. The summed E-state index contributed by atoms with van der Waals surface area (Å²) >= 11 is 7.29. The number of carbonyl (C=O) groups excluding carboxylic acids is 1. The van der Waals surface area contributed by atoms with Gasteiger partial charge in [0.2, 0.25) is 10.0 Å². The van der Waals surface area contributed by atoms with Gasteiger partial charge < -0.3 is 0 Å². The largest absolute Gasteiger partial charge is 0.298 e. The lowest BCUT2D eigenvalue weighted by molar-refractivity contribution is 0.102. The zero-order valence-electron chi connectivity index (χ0n) is 17.5. The highest BCUT2D eigenvalue weighted by atomic mass is 35.5. The number of rotatable bonds is 11. The van der Waals surface area contributed by atoms with Gasteiger partial charge in [0.25, 0.3) is 0 Å². The van der Waals surface area contributed by atoms with Gasteiger partial charge in [-0.05, 0) is 36.2 Å². The minimum atomic E-state index is -3.21. The molecule has 0 unspecified atom stereocenters. The van der Waals surface area contributed by atoms with Gasteiger partial charge in [0, 0.05) is 29.2 Å². The van der Waals surface area contributed by atoms with E-state index >= 15 is 0 Å². The van der Waals surface area contributed by atoms with Crippen LogP contribution in [0.15, 0.2) is 66.3 Å². The maximum Gasteiger partial charge on any atom is 0.208 e. The molecule has 0 aliphatic rings. The zero-order valence-corrected chi connectivity index (χ0v) is 19.9. The Bertz CT molecular complexity index is 1190. The average molecular weight is 491 g/mol.